The lowest BCUT2D eigenvalue weighted by molar-refractivity contribution is -0.137. The number of rotatable bonds is 4. The minimum absolute atomic E-state index is 0.0199. The van der Waals surface area contributed by atoms with Crippen molar-refractivity contribution < 1.29 is 14.3 Å². The molecule has 0 N–H and O–H groups in total. The van der Waals surface area contributed by atoms with Gasteiger partial charge in [-0.25, -0.2) is 4.79 Å². The van der Waals surface area contributed by atoms with Crippen LogP contribution in [0.5, 0.6) is 0 Å². The van der Waals surface area contributed by atoms with Crippen LogP contribution in [0.15, 0.2) is 46.2 Å². The number of carbonyl (C=O) groups is 2. The van der Waals surface area contributed by atoms with Crippen molar-refractivity contribution in [3.05, 3.63) is 56.7 Å². The van der Waals surface area contributed by atoms with E-state index in [0.717, 1.165) is 42.5 Å². The Labute approximate surface area is 169 Å². The van der Waals surface area contributed by atoms with E-state index in [-0.39, 0.29) is 17.5 Å². The molecular formula is C21H21Cl2NO3. The van der Waals surface area contributed by atoms with E-state index < -0.39 is 5.97 Å². The van der Waals surface area contributed by atoms with Crippen LogP contribution in [0.3, 0.4) is 0 Å². The van der Waals surface area contributed by atoms with E-state index >= 15 is 0 Å². The van der Waals surface area contributed by atoms with Gasteiger partial charge < -0.3 is 4.74 Å². The average molecular weight is 406 g/mol. The van der Waals surface area contributed by atoms with E-state index in [1.165, 1.54) is 6.08 Å². The molecule has 27 heavy (non-hydrogen) atoms. The number of amides is 1. The fourth-order valence-corrected chi connectivity index (χ4v) is 3.88. The van der Waals surface area contributed by atoms with Crippen LogP contribution in [0.25, 0.3) is 6.08 Å². The maximum Gasteiger partial charge on any atom is 0.349 e. The van der Waals surface area contributed by atoms with Crippen molar-refractivity contribution in [3.63, 3.8) is 0 Å². The van der Waals surface area contributed by atoms with E-state index in [0.29, 0.717) is 16.3 Å². The summed E-state index contributed by atoms with van der Waals surface area (Å²) >= 11 is 12.3. The van der Waals surface area contributed by atoms with Gasteiger partial charge in [0, 0.05) is 22.0 Å². The summed E-state index contributed by atoms with van der Waals surface area (Å²) in [5.41, 5.74) is 4.24. The van der Waals surface area contributed by atoms with Gasteiger partial charge in [0.25, 0.3) is 5.91 Å². The van der Waals surface area contributed by atoms with Crippen molar-refractivity contribution in [1.29, 1.82) is 0 Å². The van der Waals surface area contributed by atoms with E-state index in [2.05, 4.69) is 0 Å². The van der Waals surface area contributed by atoms with Gasteiger partial charge >= 0.3 is 5.97 Å². The number of benzene rings is 1. The van der Waals surface area contributed by atoms with Gasteiger partial charge in [-0.15, -0.1) is 0 Å². The summed E-state index contributed by atoms with van der Waals surface area (Å²) in [4.78, 5) is 26.5. The summed E-state index contributed by atoms with van der Waals surface area (Å²) in [5.74, 6) is -0.587. The molecule has 0 aromatic heterocycles. The van der Waals surface area contributed by atoms with E-state index in [1.54, 1.807) is 30.0 Å². The molecule has 0 saturated carbocycles. The molecule has 1 aliphatic carbocycles. The van der Waals surface area contributed by atoms with Crippen LogP contribution in [0.1, 0.15) is 45.1 Å². The molecule has 0 unspecified atom stereocenters. The first-order valence-electron chi connectivity index (χ1n) is 9.05. The lowest BCUT2D eigenvalue weighted by atomic mass is 9.92. The molecule has 0 atom stereocenters. The van der Waals surface area contributed by atoms with E-state index in [4.69, 9.17) is 27.9 Å². The zero-order valence-electron chi connectivity index (χ0n) is 15.4. The predicted octanol–water partition coefficient (Wildman–Crippen LogP) is 5.60. The van der Waals surface area contributed by atoms with Crippen LogP contribution in [0.2, 0.25) is 5.02 Å². The summed E-state index contributed by atoms with van der Waals surface area (Å²) in [5, 5.41) is 0.375. The van der Waals surface area contributed by atoms with Crippen molar-refractivity contribution in [2.45, 2.75) is 39.5 Å². The quantitative estimate of drug-likeness (QED) is 0.483. The van der Waals surface area contributed by atoms with Gasteiger partial charge in [-0.2, -0.15) is 0 Å². The molecule has 1 aliphatic heterocycles. The molecule has 4 nitrogen and oxygen atoms in total. The minimum atomic E-state index is -0.607. The number of carbonyl (C=O) groups excluding carboxylic acids is 2. The van der Waals surface area contributed by atoms with Crippen molar-refractivity contribution in [3.8, 4) is 0 Å². The second kappa shape index (κ2) is 8.32. The molecule has 3 rings (SSSR count). The van der Waals surface area contributed by atoms with Crippen molar-refractivity contribution >= 4 is 46.8 Å². The summed E-state index contributed by atoms with van der Waals surface area (Å²) in [7, 11) is 0. The number of halogens is 2. The van der Waals surface area contributed by atoms with Crippen molar-refractivity contribution in [1.82, 2.24) is 0 Å². The normalized spacial score (nSPS) is 19.0. The predicted molar refractivity (Wildman–Crippen MR) is 109 cm³/mol. The van der Waals surface area contributed by atoms with Gasteiger partial charge in [-0.3, -0.25) is 9.69 Å². The summed E-state index contributed by atoms with van der Waals surface area (Å²) in [6.45, 7) is 3.89. The minimum Gasteiger partial charge on any atom is -0.462 e. The number of hydrogen-bond acceptors (Lipinski definition) is 3. The maximum absolute atomic E-state index is 13.0. The monoisotopic (exact) mass is 405 g/mol. The third-order valence-corrected chi connectivity index (χ3v) is 5.35. The first-order chi connectivity index (χ1) is 13.0. The lowest BCUT2D eigenvalue weighted by Gasteiger charge is -2.21. The fourth-order valence-electron chi connectivity index (χ4n) is 3.54. The van der Waals surface area contributed by atoms with Gasteiger partial charge in [0.2, 0.25) is 0 Å². The second-order valence-corrected chi connectivity index (χ2v) is 7.21. The summed E-state index contributed by atoms with van der Waals surface area (Å²) in [6.07, 6.45) is 7.32. The SMILES string of the molecule is C/C=C1\C2=C(CCCC2)C(=O)N1c1ccc(Cl)c(/C=C(\Cl)C(=O)OCC)c1. The van der Waals surface area contributed by atoms with E-state index in [9.17, 15) is 9.59 Å². The Balaban J connectivity index is 1.98. The molecule has 0 saturated heterocycles. The Morgan fingerprint density at radius 3 is 2.63 bits per heavy atom. The highest BCUT2D eigenvalue weighted by Gasteiger charge is 2.36. The van der Waals surface area contributed by atoms with Crippen LogP contribution >= 0.6 is 23.2 Å². The standard InChI is InChI=1S/C21H21Cl2NO3/c1-3-19-15-7-5-6-8-16(15)20(25)24(19)14-9-10-17(22)13(11-14)12-18(23)21(26)27-4-2/h3,9-12H,4-8H2,1-2H3/b18-12-,19-3+. The lowest BCUT2D eigenvalue weighted by Crippen LogP contribution is -2.25. The highest BCUT2D eigenvalue weighted by molar-refractivity contribution is 6.43. The molecule has 0 spiro atoms. The maximum atomic E-state index is 13.0. The molecule has 1 aromatic rings. The van der Waals surface area contributed by atoms with Gasteiger partial charge in [-0.1, -0.05) is 29.3 Å². The second-order valence-electron chi connectivity index (χ2n) is 6.40. The molecule has 0 fully saturated rings. The Kier molecular flexibility index (Phi) is 6.08. The third kappa shape index (κ3) is 3.83. The molecular weight excluding hydrogens is 385 g/mol. The van der Waals surface area contributed by atoms with Gasteiger partial charge in [0.15, 0.2) is 0 Å². The number of nitrogens with zero attached hydrogens (tertiary/aromatic N) is 1. The topological polar surface area (TPSA) is 46.6 Å². The highest BCUT2D eigenvalue weighted by atomic mass is 35.5. The zero-order chi connectivity index (χ0) is 19.6. The molecule has 0 bridgehead atoms. The molecule has 1 aromatic carbocycles. The molecule has 0 radical (unpaired) electrons. The van der Waals surface area contributed by atoms with Crippen molar-refractivity contribution in [2.75, 3.05) is 11.5 Å². The van der Waals surface area contributed by atoms with Crippen LogP contribution in [-0.4, -0.2) is 18.5 Å². The number of ether oxygens (including phenoxy) is 1. The largest absolute Gasteiger partial charge is 0.462 e. The Bertz CT molecular complexity index is 883. The molecule has 1 amide bonds. The molecule has 142 valence electrons. The first kappa shape index (κ1) is 19.7. The Hall–Kier alpha value is -2.04. The molecule has 2 aliphatic rings. The zero-order valence-corrected chi connectivity index (χ0v) is 16.9. The van der Waals surface area contributed by atoms with Gasteiger partial charge in [0.1, 0.15) is 5.03 Å². The average Bonchev–Trinajstić information content (AvgIpc) is 2.96. The Morgan fingerprint density at radius 2 is 1.96 bits per heavy atom. The third-order valence-electron chi connectivity index (χ3n) is 4.74. The van der Waals surface area contributed by atoms with Gasteiger partial charge in [-0.05, 0) is 74.9 Å². The molecule has 1 heterocycles. The highest BCUT2D eigenvalue weighted by Crippen LogP contribution is 2.42. The molecule has 6 heteroatoms. The number of hydrogen-bond donors (Lipinski definition) is 0. The van der Waals surface area contributed by atoms with Crippen LogP contribution in [-0.2, 0) is 14.3 Å². The fraction of sp³-hybridized carbons (Fsp3) is 0.333. The number of esters is 1. The first-order valence-corrected chi connectivity index (χ1v) is 9.80. The number of allylic oxidation sites excluding steroid dienone is 2. The van der Waals surface area contributed by atoms with Crippen molar-refractivity contribution in [2.24, 2.45) is 0 Å². The summed E-state index contributed by atoms with van der Waals surface area (Å²) in [6, 6.07) is 5.28. The smallest absolute Gasteiger partial charge is 0.349 e. The van der Waals surface area contributed by atoms with Crippen LogP contribution in [0.4, 0.5) is 5.69 Å². The van der Waals surface area contributed by atoms with E-state index in [1.807, 2.05) is 13.0 Å². The Morgan fingerprint density at radius 1 is 1.26 bits per heavy atom. The van der Waals surface area contributed by atoms with Crippen LogP contribution in [0, 0.1) is 0 Å². The van der Waals surface area contributed by atoms with Crippen LogP contribution < -0.4 is 4.90 Å². The van der Waals surface area contributed by atoms with Gasteiger partial charge in [0.05, 0.1) is 6.61 Å². The summed E-state index contributed by atoms with van der Waals surface area (Å²) < 4.78 is 4.90. The number of anilines is 1.